The van der Waals surface area contributed by atoms with E-state index in [1.807, 2.05) is 0 Å². The van der Waals surface area contributed by atoms with E-state index in [4.69, 9.17) is 32.7 Å². The zero-order chi connectivity index (χ0) is 19.1. The summed E-state index contributed by atoms with van der Waals surface area (Å²) in [7, 11) is 0. The number of Topliss-reactive ketones (excluding diaryl/α,β-unsaturated/α-hetero) is 2. The Morgan fingerprint density at radius 3 is 1.46 bits per heavy atom. The number of esters is 2. The molecule has 26 heavy (non-hydrogen) atoms. The van der Waals surface area contributed by atoms with Crippen LogP contribution in [0.2, 0.25) is 8.67 Å². The van der Waals surface area contributed by atoms with Crippen LogP contribution < -0.4 is 0 Å². The molecule has 136 valence electrons. The number of hydrogen-bond acceptors (Lipinski definition) is 8. The molecule has 2 aromatic rings. The van der Waals surface area contributed by atoms with Crippen molar-refractivity contribution in [3.63, 3.8) is 0 Å². The summed E-state index contributed by atoms with van der Waals surface area (Å²) in [5.41, 5.74) is 0. The number of carbonyl (C=O) groups is 4. The van der Waals surface area contributed by atoms with Crippen LogP contribution in [0.25, 0.3) is 0 Å². The molecule has 0 radical (unpaired) electrons. The lowest BCUT2D eigenvalue weighted by Crippen LogP contribution is -2.13. The summed E-state index contributed by atoms with van der Waals surface area (Å²) >= 11 is 13.6. The van der Waals surface area contributed by atoms with Gasteiger partial charge in [-0.3, -0.25) is 9.59 Å². The summed E-state index contributed by atoms with van der Waals surface area (Å²) in [6.07, 6.45) is 1.62. The van der Waals surface area contributed by atoms with E-state index in [0.717, 1.165) is 34.8 Å². The van der Waals surface area contributed by atoms with E-state index in [1.165, 1.54) is 12.1 Å². The van der Waals surface area contributed by atoms with Crippen LogP contribution in [-0.2, 0) is 19.1 Å². The van der Waals surface area contributed by atoms with Gasteiger partial charge in [0.05, 0.1) is 18.4 Å². The van der Waals surface area contributed by atoms with Crippen molar-refractivity contribution in [3.05, 3.63) is 54.8 Å². The fraction of sp³-hybridized carbons (Fsp3) is 0.125. The SMILES string of the molecule is O=C(/C=C/C(=O)OCC(=O)c1ccc(Cl)s1)OCC(=O)c1ccc(Cl)s1. The van der Waals surface area contributed by atoms with Crippen LogP contribution in [0.5, 0.6) is 0 Å². The van der Waals surface area contributed by atoms with Crippen molar-refractivity contribution in [2.75, 3.05) is 13.2 Å². The van der Waals surface area contributed by atoms with Gasteiger partial charge in [-0.1, -0.05) is 23.2 Å². The highest BCUT2D eigenvalue weighted by molar-refractivity contribution is 7.18. The molecule has 0 saturated carbocycles. The first-order chi connectivity index (χ1) is 12.3. The summed E-state index contributed by atoms with van der Waals surface area (Å²) in [5, 5.41) is 0. The highest BCUT2D eigenvalue weighted by Gasteiger charge is 2.13. The molecule has 0 fully saturated rings. The Labute approximate surface area is 165 Å². The molecule has 10 heteroatoms. The third kappa shape index (κ3) is 6.38. The van der Waals surface area contributed by atoms with Crippen LogP contribution in [0.1, 0.15) is 19.3 Å². The predicted octanol–water partition coefficient (Wildman–Crippen LogP) is 3.82. The van der Waals surface area contributed by atoms with E-state index >= 15 is 0 Å². The van der Waals surface area contributed by atoms with Crippen LogP contribution in [-0.4, -0.2) is 36.7 Å². The average Bonchev–Trinajstić information content (AvgIpc) is 3.24. The first-order valence-corrected chi connectivity index (χ1v) is 9.32. The fourth-order valence-electron chi connectivity index (χ4n) is 1.58. The second-order valence-corrected chi connectivity index (χ2v) is 8.03. The summed E-state index contributed by atoms with van der Waals surface area (Å²) in [5.74, 6) is -2.61. The van der Waals surface area contributed by atoms with Crippen LogP contribution >= 0.6 is 45.9 Å². The van der Waals surface area contributed by atoms with Gasteiger partial charge in [0.15, 0.2) is 13.2 Å². The largest absolute Gasteiger partial charge is 0.454 e. The van der Waals surface area contributed by atoms with Gasteiger partial charge in [0.25, 0.3) is 0 Å². The summed E-state index contributed by atoms with van der Waals surface area (Å²) in [6.45, 7) is -0.959. The lowest BCUT2D eigenvalue weighted by Gasteiger charge is -2.00. The maximum atomic E-state index is 11.7. The van der Waals surface area contributed by atoms with Crippen molar-refractivity contribution in [1.29, 1.82) is 0 Å². The van der Waals surface area contributed by atoms with E-state index in [9.17, 15) is 19.2 Å². The van der Waals surface area contributed by atoms with Gasteiger partial charge >= 0.3 is 11.9 Å². The number of halogens is 2. The van der Waals surface area contributed by atoms with Gasteiger partial charge in [-0.05, 0) is 24.3 Å². The second kappa shape index (κ2) is 9.63. The van der Waals surface area contributed by atoms with Crippen molar-refractivity contribution in [1.82, 2.24) is 0 Å². The van der Waals surface area contributed by atoms with Gasteiger partial charge in [0.1, 0.15) is 0 Å². The quantitative estimate of drug-likeness (QED) is 0.357. The standard InChI is InChI=1S/C16H10Cl2O6S2/c17-13-3-1-11(25-13)9(19)7-23-15(21)5-6-16(22)24-8-10(20)12-2-4-14(18)26-12/h1-6H,7-8H2/b6-5+. The van der Waals surface area contributed by atoms with Gasteiger partial charge in [-0.2, -0.15) is 0 Å². The van der Waals surface area contributed by atoms with Crippen LogP contribution in [0.3, 0.4) is 0 Å². The van der Waals surface area contributed by atoms with Gasteiger partial charge in [-0.15, -0.1) is 22.7 Å². The van der Waals surface area contributed by atoms with E-state index in [1.54, 1.807) is 12.1 Å². The fourth-order valence-corrected chi connectivity index (χ4v) is 3.51. The molecule has 2 rings (SSSR count). The Hall–Kier alpha value is -2.00. The van der Waals surface area contributed by atoms with E-state index in [-0.39, 0.29) is 0 Å². The molecule has 0 aliphatic rings. The van der Waals surface area contributed by atoms with Crippen LogP contribution in [0.4, 0.5) is 0 Å². The number of thiophene rings is 2. The predicted molar refractivity (Wildman–Crippen MR) is 98.4 cm³/mol. The third-order valence-corrected chi connectivity index (χ3v) is 5.29. The topological polar surface area (TPSA) is 86.7 Å². The molecule has 0 spiro atoms. The summed E-state index contributed by atoms with van der Waals surface area (Å²) < 4.78 is 10.3. The van der Waals surface area contributed by atoms with Gasteiger partial charge in [-0.25, -0.2) is 9.59 Å². The first-order valence-electron chi connectivity index (χ1n) is 6.94. The molecular weight excluding hydrogens is 423 g/mol. The van der Waals surface area contributed by atoms with Gasteiger partial charge in [0.2, 0.25) is 11.6 Å². The Morgan fingerprint density at radius 2 is 1.15 bits per heavy atom. The van der Waals surface area contributed by atoms with Crippen molar-refractivity contribution in [3.8, 4) is 0 Å². The molecule has 0 bridgehead atoms. The lowest BCUT2D eigenvalue weighted by molar-refractivity contribution is -0.139. The molecule has 0 aliphatic heterocycles. The lowest BCUT2D eigenvalue weighted by atomic mass is 10.3. The van der Waals surface area contributed by atoms with E-state index < -0.39 is 36.7 Å². The molecular formula is C16H10Cl2O6S2. The monoisotopic (exact) mass is 432 g/mol. The van der Waals surface area contributed by atoms with Crippen molar-refractivity contribution < 1.29 is 28.7 Å². The maximum Gasteiger partial charge on any atom is 0.331 e. The minimum Gasteiger partial charge on any atom is -0.454 e. The Morgan fingerprint density at radius 1 is 0.769 bits per heavy atom. The number of rotatable bonds is 8. The number of ether oxygens (including phenoxy) is 2. The van der Waals surface area contributed by atoms with Gasteiger partial charge in [0, 0.05) is 12.2 Å². The Bertz CT molecular complexity index is 797. The number of ketones is 2. The molecule has 0 unspecified atom stereocenters. The van der Waals surface area contributed by atoms with Crippen molar-refractivity contribution in [2.45, 2.75) is 0 Å². The smallest absolute Gasteiger partial charge is 0.331 e. The summed E-state index contributed by atoms with van der Waals surface area (Å²) in [4.78, 5) is 47.1. The average molecular weight is 433 g/mol. The summed E-state index contributed by atoms with van der Waals surface area (Å²) in [6, 6.07) is 6.16. The Kier molecular flexibility index (Phi) is 7.52. The third-order valence-electron chi connectivity index (χ3n) is 2.74. The van der Waals surface area contributed by atoms with Crippen molar-refractivity contribution in [2.24, 2.45) is 0 Å². The molecule has 0 atom stereocenters. The normalized spacial score (nSPS) is 10.7. The highest BCUT2D eigenvalue weighted by Crippen LogP contribution is 2.22. The molecule has 0 N–H and O–H groups in total. The Balaban J connectivity index is 1.72. The molecule has 2 aromatic heterocycles. The van der Waals surface area contributed by atoms with Crippen molar-refractivity contribution >= 4 is 69.4 Å². The van der Waals surface area contributed by atoms with E-state index in [0.29, 0.717) is 18.4 Å². The minimum absolute atomic E-state index is 0.360. The van der Waals surface area contributed by atoms with Crippen LogP contribution in [0, 0.1) is 0 Å². The molecule has 2 heterocycles. The zero-order valence-electron chi connectivity index (χ0n) is 12.9. The van der Waals surface area contributed by atoms with Crippen LogP contribution in [0.15, 0.2) is 36.4 Å². The molecule has 0 amide bonds. The van der Waals surface area contributed by atoms with E-state index in [2.05, 4.69) is 0 Å². The molecule has 0 aliphatic carbocycles. The maximum absolute atomic E-state index is 11.7. The number of carbonyl (C=O) groups excluding carboxylic acids is 4. The highest BCUT2D eigenvalue weighted by atomic mass is 35.5. The zero-order valence-corrected chi connectivity index (χ0v) is 16.0. The molecule has 0 saturated heterocycles. The molecule has 0 aromatic carbocycles. The first kappa shape index (κ1) is 20.3. The minimum atomic E-state index is -0.894. The van der Waals surface area contributed by atoms with Gasteiger partial charge < -0.3 is 9.47 Å². The second-order valence-electron chi connectivity index (χ2n) is 4.60. The number of hydrogen-bond donors (Lipinski definition) is 0. The molecule has 6 nitrogen and oxygen atoms in total.